The topological polar surface area (TPSA) is 102 Å². The van der Waals surface area contributed by atoms with E-state index in [1.54, 1.807) is 6.92 Å². The van der Waals surface area contributed by atoms with Crippen LogP contribution in [0.2, 0.25) is 5.02 Å². The largest absolute Gasteiger partial charge is 0.270 e. The Balaban J connectivity index is 2.43. The van der Waals surface area contributed by atoms with E-state index in [0.29, 0.717) is 0 Å². The number of halogens is 1. The van der Waals surface area contributed by atoms with Gasteiger partial charge in [-0.25, -0.2) is 13.4 Å². The molecule has 0 aliphatic carbocycles. The molecule has 0 saturated heterocycles. The fourth-order valence-electron chi connectivity index (χ4n) is 1.38. The van der Waals surface area contributed by atoms with Gasteiger partial charge in [-0.2, -0.15) is 0 Å². The van der Waals surface area contributed by atoms with Gasteiger partial charge >= 0.3 is 0 Å². The number of aromatic nitrogens is 1. The summed E-state index contributed by atoms with van der Waals surface area (Å²) >= 11 is 6.95. The molecule has 7 nitrogen and oxygen atoms in total. The molecule has 2 aromatic rings. The number of aryl methyl sites for hydroxylation is 1. The molecule has 0 fully saturated rings. The molecule has 0 spiro atoms. The lowest BCUT2D eigenvalue weighted by Gasteiger charge is -2.06. The first-order valence-electron chi connectivity index (χ1n) is 5.19. The van der Waals surface area contributed by atoms with Crippen LogP contribution >= 0.6 is 22.9 Å². The summed E-state index contributed by atoms with van der Waals surface area (Å²) in [6.45, 7) is 1.77. The molecule has 106 valence electrons. The second-order valence-electron chi connectivity index (χ2n) is 3.75. The first-order valence-corrected chi connectivity index (χ1v) is 7.86. The van der Waals surface area contributed by atoms with Crippen LogP contribution in [-0.2, 0) is 10.0 Å². The molecule has 20 heavy (non-hydrogen) atoms. The first kappa shape index (κ1) is 14.7. The Morgan fingerprint density at radius 1 is 1.45 bits per heavy atom. The van der Waals surface area contributed by atoms with E-state index in [4.69, 9.17) is 11.6 Å². The monoisotopic (exact) mass is 333 g/mol. The third-order valence-electron chi connectivity index (χ3n) is 2.26. The zero-order valence-electron chi connectivity index (χ0n) is 10.0. The number of non-ortho nitro benzene ring substituents is 1. The summed E-state index contributed by atoms with van der Waals surface area (Å²) < 4.78 is 26.5. The third-order valence-corrected chi connectivity index (χ3v) is 5.04. The molecular weight excluding hydrogens is 326 g/mol. The molecule has 2 rings (SSSR count). The molecule has 1 N–H and O–H groups in total. The molecule has 0 unspecified atom stereocenters. The lowest BCUT2D eigenvalue weighted by atomic mass is 10.3. The van der Waals surface area contributed by atoms with Gasteiger partial charge in [0.15, 0.2) is 5.13 Å². The maximum atomic E-state index is 12.2. The zero-order valence-corrected chi connectivity index (χ0v) is 12.4. The maximum Gasteiger partial charge on any atom is 0.270 e. The second-order valence-corrected chi connectivity index (χ2v) is 7.05. The van der Waals surface area contributed by atoms with E-state index in [1.807, 2.05) is 0 Å². The van der Waals surface area contributed by atoms with Crippen molar-refractivity contribution >= 4 is 43.8 Å². The molecule has 0 atom stereocenters. The van der Waals surface area contributed by atoms with E-state index in [1.165, 1.54) is 12.3 Å². The van der Waals surface area contributed by atoms with Crippen LogP contribution in [0.15, 0.2) is 29.3 Å². The highest BCUT2D eigenvalue weighted by Crippen LogP contribution is 2.28. The van der Waals surface area contributed by atoms with E-state index in [0.717, 1.165) is 28.3 Å². The minimum atomic E-state index is -4.03. The van der Waals surface area contributed by atoms with Crippen molar-refractivity contribution in [2.75, 3.05) is 4.72 Å². The molecule has 1 aromatic heterocycles. The van der Waals surface area contributed by atoms with Crippen LogP contribution in [0.3, 0.4) is 0 Å². The second kappa shape index (κ2) is 5.35. The predicted octanol–water partition coefficient (Wildman–Crippen LogP) is 2.81. The summed E-state index contributed by atoms with van der Waals surface area (Å²) in [5.41, 5.74) is -0.356. The van der Waals surface area contributed by atoms with Gasteiger partial charge in [0.05, 0.1) is 9.95 Å². The molecule has 1 aromatic carbocycles. The fraction of sp³-hybridized carbons (Fsp3) is 0.100. The Morgan fingerprint density at radius 3 is 2.70 bits per heavy atom. The summed E-state index contributed by atoms with van der Waals surface area (Å²) in [7, 11) is -4.03. The number of anilines is 1. The average molecular weight is 334 g/mol. The van der Waals surface area contributed by atoms with Gasteiger partial charge in [-0.15, -0.1) is 11.3 Å². The Hall–Kier alpha value is -1.71. The van der Waals surface area contributed by atoms with Gasteiger partial charge in [0.1, 0.15) is 4.90 Å². The number of hydrogen-bond acceptors (Lipinski definition) is 6. The number of thiazole rings is 1. The highest BCUT2D eigenvalue weighted by atomic mass is 35.5. The summed E-state index contributed by atoms with van der Waals surface area (Å²) in [6.07, 6.45) is 1.51. The number of nitro groups is 1. The van der Waals surface area contributed by atoms with Gasteiger partial charge in [-0.05, 0) is 13.0 Å². The van der Waals surface area contributed by atoms with E-state index < -0.39 is 14.9 Å². The lowest BCUT2D eigenvalue weighted by molar-refractivity contribution is -0.385. The van der Waals surface area contributed by atoms with Crippen molar-refractivity contribution in [3.05, 3.63) is 44.4 Å². The van der Waals surface area contributed by atoms with Crippen molar-refractivity contribution < 1.29 is 13.3 Å². The number of sulfonamides is 1. The van der Waals surface area contributed by atoms with Crippen LogP contribution in [0.5, 0.6) is 0 Å². The van der Waals surface area contributed by atoms with Crippen molar-refractivity contribution in [1.82, 2.24) is 4.98 Å². The molecule has 0 radical (unpaired) electrons. The van der Waals surface area contributed by atoms with Crippen LogP contribution in [0.25, 0.3) is 0 Å². The zero-order chi connectivity index (χ0) is 14.9. The minimum Gasteiger partial charge on any atom is -0.258 e. The van der Waals surface area contributed by atoms with E-state index >= 15 is 0 Å². The van der Waals surface area contributed by atoms with Crippen molar-refractivity contribution in [3.63, 3.8) is 0 Å². The Morgan fingerprint density at radius 2 is 2.15 bits per heavy atom. The Bertz CT molecular complexity index is 773. The number of nitro benzene ring substituents is 1. The van der Waals surface area contributed by atoms with Gasteiger partial charge in [-0.3, -0.25) is 14.8 Å². The molecule has 0 saturated carbocycles. The van der Waals surface area contributed by atoms with Crippen molar-refractivity contribution in [3.8, 4) is 0 Å². The molecule has 0 aliphatic heterocycles. The molecule has 0 aliphatic rings. The predicted molar refractivity (Wildman–Crippen MR) is 75.8 cm³/mol. The van der Waals surface area contributed by atoms with Crippen molar-refractivity contribution in [2.24, 2.45) is 0 Å². The van der Waals surface area contributed by atoms with Crippen LogP contribution in [0.4, 0.5) is 10.8 Å². The average Bonchev–Trinajstić information content (AvgIpc) is 2.73. The Labute approximate surface area is 123 Å². The van der Waals surface area contributed by atoms with Gasteiger partial charge in [0, 0.05) is 23.2 Å². The van der Waals surface area contributed by atoms with Gasteiger partial charge in [0.25, 0.3) is 15.7 Å². The van der Waals surface area contributed by atoms with E-state index in [-0.39, 0.29) is 20.7 Å². The number of hydrogen-bond donors (Lipinski definition) is 1. The molecule has 1 heterocycles. The summed E-state index contributed by atoms with van der Waals surface area (Å²) in [5.74, 6) is 0. The maximum absolute atomic E-state index is 12.2. The molecule has 0 bridgehead atoms. The van der Waals surface area contributed by atoms with Gasteiger partial charge < -0.3 is 0 Å². The number of benzene rings is 1. The van der Waals surface area contributed by atoms with E-state index in [9.17, 15) is 18.5 Å². The SMILES string of the molecule is Cc1cnc(NS(=O)(=O)c2cc([N+](=O)[O-])ccc2Cl)s1. The minimum absolute atomic E-state index is 0.101. The van der Waals surface area contributed by atoms with Gasteiger partial charge in [-0.1, -0.05) is 11.6 Å². The van der Waals surface area contributed by atoms with Crippen LogP contribution in [0, 0.1) is 17.0 Å². The fourth-order valence-corrected chi connectivity index (χ4v) is 3.81. The van der Waals surface area contributed by atoms with Crippen LogP contribution < -0.4 is 4.72 Å². The van der Waals surface area contributed by atoms with Crippen molar-refractivity contribution in [1.29, 1.82) is 0 Å². The normalized spacial score (nSPS) is 11.3. The number of nitrogens with one attached hydrogen (secondary N) is 1. The summed E-state index contributed by atoms with van der Waals surface area (Å²) in [6, 6.07) is 3.21. The van der Waals surface area contributed by atoms with Crippen LogP contribution in [-0.4, -0.2) is 18.3 Å². The van der Waals surface area contributed by atoms with Crippen LogP contribution in [0.1, 0.15) is 4.88 Å². The smallest absolute Gasteiger partial charge is 0.258 e. The highest BCUT2D eigenvalue weighted by molar-refractivity contribution is 7.93. The summed E-state index contributed by atoms with van der Waals surface area (Å²) in [5, 5.41) is 10.8. The molecule has 0 amide bonds. The lowest BCUT2D eigenvalue weighted by Crippen LogP contribution is -2.13. The molecular formula is C10H8ClN3O4S2. The first-order chi connectivity index (χ1) is 9.29. The quantitative estimate of drug-likeness (QED) is 0.684. The Kier molecular flexibility index (Phi) is 3.93. The third kappa shape index (κ3) is 3.06. The van der Waals surface area contributed by atoms with E-state index in [2.05, 4.69) is 9.71 Å². The molecule has 10 heteroatoms. The van der Waals surface area contributed by atoms with Gasteiger partial charge in [0.2, 0.25) is 0 Å². The summed E-state index contributed by atoms with van der Waals surface area (Å²) in [4.78, 5) is 14.3. The standard InChI is InChI=1S/C10H8ClN3O4S2/c1-6-5-12-10(19-6)13-20(17,18)9-4-7(14(15)16)2-3-8(9)11/h2-5H,1H3,(H,12,13). The highest BCUT2D eigenvalue weighted by Gasteiger charge is 2.22. The van der Waals surface area contributed by atoms with Crippen molar-refractivity contribution in [2.45, 2.75) is 11.8 Å². The number of nitrogens with zero attached hydrogens (tertiary/aromatic N) is 2. The number of rotatable bonds is 4.